The Labute approximate surface area is 62.6 Å². The van der Waals surface area contributed by atoms with Crippen molar-refractivity contribution in [2.45, 2.75) is 12.5 Å². The van der Waals surface area contributed by atoms with Crippen LogP contribution in [0, 0.1) is 11.5 Å². The number of nitrogens with two attached hydrogens (primary N) is 1. The van der Waals surface area contributed by atoms with E-state index < -0.39 is 17.9 Å². The van der Waals surface area contributed by atoms with E-state index in [-0.39, 0.29) is 6.42 Å². The van der Waals surface area contributed by atoms with Gasteiger partial charge < -0.3 is 16.2 Å². The molecule has 1 amide bonds. The number of nitrogens with one attached hydrogen (secondary N) is 1. The molecule has 11 heavy (non-hydrogen) atoms. The molecule has 6 nitrogen and oxygen atoms in total. The molecule has 0 saturated heterocycles. The van der Waals surface area contributed by atoms with E-state index >= 15 is 0 Å². The van der Waals surface area contributed by atoms with Crippen molar-refractivity contribution in [2.24, 2.45) is 5.73 Å². The smallest absolute Gasteiger partial charge is 0.327 e. The Bertz CT molecular complexity index is 208. The number of hydrogen-bond acceptors (Lipinski definition) is 4. The van der Waals surface area contributed by atoms with Gasteiger partial charge in [-0.25, -0.2) is 4.79 Å². The lowest BCUT2D eigenvalue weighted by Crippen LogP contribution is -2.37. The van der Waals surface area contributed by atoms with Crippen molar-refractivity contribution in [3.05, 3.63) is 0 Å². The minimum atomic E-state index is -1.27. The first-order valence-corrected chi connectivity index (χ1v) is 2.73. The summed E-state index contributed by atoms with van der Waals surface area (Å²) in [5.74, 6) is -2.04. The van der Waals surface area contributed by atoms with Gasteiger partial charge >= 0.3 is 5.97 Å². The number of carboxylic acids is 1. The van der Waals surface area contributed by atoms with Crippen LogP contribution < -0.4 is 11.1 Å². The van der Waals surface area contributed by atoms with E-state index in [1.165, 1.54) is 6.19 Å². The maximum atomic E-state index is 10.2. The summed E-state index contributed by atoms with van der Waals surface area (Å²) in [5.41, 5.74) is 4.71. The van der Waals surface area contributed by atoms with Gasteiger partial charge in [-0.15, -0.1) is 0 Å². The fourth-order valence-corrected chi connectivity index (χ4v) is 0.479. The normalized spacial score (nSPS) is 11.2. The number of nitrogens with zero attached hydrogens (tertiary/aromatic N) is 1. The SMILES string of the molecule is N#CN[C@@H](CC(N)=O)C(=O)O. The topological polar surface area (TPSA) is 116 Å². The lowest BCUT2D eigenvalue weighted by atomic mass is 10.2. The van der Waals surface area contributed by atoms with E-state index in [9.17, 15) is 9.59 Å². The summed E-state index contributed by atoms with van der Waals surface area (Å²) in [7, 11) is 0. The first-order valence-electron chi connectivity index (χ1n) is 2.73. The molecule has 0 rings (SSSR count). The predicted molar refractivity (Wildman–Crippen MR) is 34.0 cm³/mol. The highest BCUT2D eigenvalue weighted by molar-refractivity contribution is 5.83. The fraction of sp³-hybridized carbons (Fsp3) is 0.400. The average molecular weight is 157 g/mol. The van der Waals surface area contributed by atoms with Crippen LogP contribution in [0.4, 0.5) is 0 Å². The molecule has 0 aliphatic carbocycles. The summed E-state index contributed by atoms with van der Waals surface area (Å²) >= 11 is 0. The fourth-order valence-electron chi connectivity index (χ4n) is 0.479. The Morgan fingerprint density at radius 2 is 2.27 bits per heavy atom. The van der Waals surface area contributed by atoms with E-state index in [0.717, 1.165) is 0 Å². The van der Waals surface area contributed by atoms with Crippen molar-refractivity contribution in [2.75, 3.05) is 0 Å². The third-order valence-corrected chi connectivity index (χ3v) is 0.942. The van der Waals surface area contributed by atoms with Crippen LogP contribution >= 0.6 is 0 Å². The molecule has 0 unspecified atom stereocenters. The highest BCUT2D eigenvalue weighted by Crippen LogP contribution is 1.89. The molecule has 0 aromatic heterocycles. The van der Waals surface area contributed by atoms with E-state index in [2.05, 4.69) is 0 Å². The van der Waals surface area contributed by atoms with Gasteiger partial charge in [-0.05, 0) is 0 Å². The van der Waals surface area contributed by atoms with Crippen LogP contribution in [0.1, 0.15) is 6.42 Å². The summed E-state index contributed by atoms with van der Waals surface area (Å²) in [5, 5.41) is 18.3. The average Bonchev–Trinajstić information content (AvgIpc) is 1.86. The van der Waals surface area contributed by atoms with Crippen LogP contribution in [0.15, 0.2) is 0 Å². The predicted octanol–water partition coefficient (Wildman–Crippen LogP) is -1.61. The molecule has 0 spiro atoms. The first-order chi connectivity index (χ1) is 5.07. The summed E-state index contributed by atoms with van der Waals surface area (Å²) in [6.07, 6.45) is 1.03. The Balaban J connectivity index is 4.02. The number of rotatable bonds is 4. The zero-order valence-corrected chi connectivity index (χ0v) is 5.57. The molecular weight excluding hydrogens is 150 g/mol. The molecule has 0 fully saturated rings. The van der Waals surface area contributed by atoms with Crippen molar-refractivity contribution >= 4 is 11.9 Å². The maximum Gasteiger partial charge on any atom is 0.327 e. The summed E-state index contributed by atoms with van der Waals surface area (Å²) in [4.78, 5) is 20.4. The van der Waals surface area contributed by atoms with Gasteiger partial charge in [-0.1, -0.05) is 0 Å². The van der Waals surface area contributed by atoms with E-state index in [4.69, 9.17) is 16.1 Å². The van der Waals surface area contributed by atoms with Crippen molar-refractivity contribution in [1.82, 2.24) is 5.32 Å². The maximum absolute atomic E-state index is 10.2. The minimum absolute atomic E-state index is 0.386. The zero-order chi connectivity index (χ0) is 8.85. The summed E-state index contributed by atoms with van der Waals surface area (Å²) in [6, 6.07) is -1.21. The quantitative estimate of drug-likeness (QED) is 0.335. The summed E-state index contributed by atoms with van der Waals surface area (Å²) < 4.78 is 0. The van der Waals surface area contributed by atoms with Crippen molar-refractivity contribution < 1.29 is 14.7 Å². The van der Waals surface area contributed by atoms with Crippen LogP contribution in [0.3, 0.4) is 0 Å². The molecule has 0 bridgehead atoms. The number of carbonyl (C=O) groups is 2. The Morgan fingerprint density at radius 1 is 1.73 bits per heavy atom. The second-order valence-electron chi connectivity index (χ2n) is 1.82. The van der Waals surface area contributed by atoms with Gasteiger partial charge in [0, 0.05) is 0 Å². The molecule has 0 aliphatic rings. The molecule has 0 aliphatic heterocycles. The second kappa shape index (κ2) is 4.11. The molecule has 60 valence electrons. The van der Waals surface area contributed by atoms with Crippen LogP contribution in [-0.4, -0.2) is 23.0 Å². The molecule has 4 N–H and O–H groups in total. The van der Waals surface area contributed by atoms with Gasteiger partial charge in [-0.3, -0.25) is 4.79 Å². The highest BCUT2D eigenvalue weighted by atomic mass is 16.4. The monoisotopic (exact) mass is 157 g/mol. The van der Waals surface area contributed by atoms with Crippen molar-refractivity contribution in [1.29, 1.82) is 5.26 Å². The minimum Gasteiger partial charge on any atom is -0.480 e. The number of carboxylic acid groups (broad SMARTS) is 1. The lowest BCUT2D eigenvalue weighted by Gasteiger charge is -2.05. The van der Waals surface area contributed by atoms with Gasteiger partial charge in [0.1, 0.15) is 6.04 Å². The third-order valence-electron chi connectivity index (χ3n) is 0.942. The standard InChI is InChI=1S/C5H7N3O3/c6-2-8-3(5(10)11)1-4(7)9/h3,8H,1H2,(H2,7,9)(H,10,11)/t3-/m0/s1. The molecular formula is C5H7N3O3. The highest BCUT2D eigenvalue weighted by Gasteiger charge is 2.18. The van der Waals surface area contributed by atoms with Crippen molar-refractivity contribution in [3.8, 4) is 6.19 Å². The number of carbonyl (C=O) groups excluding carboxylic acids is 1. The van der Waals surface area contributed by atoms with E-state index in [1.807, 2.05) is 5.32 Å². The molecule has 0 heterocycles. The number of primary amides is 1. The molecule has 0 radical (unpaired) electrons. The van der Waals surface area contributed by atoms with Gasteiger partial charge in [-0.2, -0.15) is 5.26 Å². The number of amides is 1. The third kappa shape index (κ3) is 3.75. The van der Waals surface area contributed by atoms with Crippen LogP contribution in [0.2, 0.25) is 0 Å². The number of aliphatic carboxylic acids is 1. The second-order valence-corrected chi connectivity index (χ2v) is 1.82. The Kier molecular flexibility index (Phi) is 3.45. The number of nitriles is 1. The van der Waals surface area contributed by atoms with Gasteiger partial charge in [0.15, 0.2) is 6.19 Å². The Hall–Kier alpha value is -1.77. The molecule has 0 aromatic carbocycles. The summed E-state index contributed by atoms with van der Waals surface area (Å²) in [6.45, 7) is 0. The lowest BCUT2D eigenvalue weighted by molar-refractivity contribution is -0.140. The van der Waals surface area contributed by atoms with E-state index in [0.29, 0.717) is 0 Å². The molecule has 1 atom stereocenters. The molecule has 0 saturated carbocycles. The van der Waals surface area contributed by atoms with Gasteiger partial charge in [0.25, 0.3) is 0 Å². The zero-order valence-electron chi connectivity index (χ0n) is 5.57. The molecule has 0 aromatic rings. The largest absolute Gasteiger partial charge is 0.480 e. The van der Waals surface area contributed by atoms with Crippen molar-refractivity contribution in [3.63, 3.8) is 0 Å². The first kappa shape index (κ1) is 9.23. The Morgan fingerprint density at radius 3 is 2.55 bits per heavy atom. The van der Waals surface area contributed by atoms with Gasteiger partial charge in [0.2, 0.25) is 5.91 Å². The number of hydrogen-bond donors (Lipinski definition) is 3. The van der Waals surface area contributed by atoms with E-state index in [1.54, 1.807) is 0 Å². The van der Waals surface area contributed by atoms with Crippen LogP contribution in [-0.2, 0) is 9.59 Å². The molecule has 6 heteroatoms. The van der Waals surface area contributed by atoms with Crippen LogP contribution in [0.5, 0.6) is 0 Å². The van der Waals surface area contributed by atoms with Gasteiger partial charge in [0.05, 0.1) is 6.42 Å². The van der Waals surface area contributed by atoms with Crippen LogP contribution in [0.25, 0.3) is 0 Å².